The number of carbonyl (C=O) groups excluding carboxylic acids is 1. The van der Waals surface area contributed by atoms with Crippen LogP contribution >= 0.6 is 0 Å². The van der Waals surface area contributed by atoms with E-state index in [0.29, 0.717) is 19.0 Å². The van der Waals surface area contributed by atoms with Crippen LogP contribution in [0.4, 0.5) is 11.4 Å². The normalized spacial score (nSPS) is 18.4. The van der Waals surface area contributed by atoms with Crippen molar-refractivity contribution in [2.24, 2.45) is 0 Å². The summed E-state index contributed by atoms with van der Waals surface area (Å²) in [5, 5.41) is 6.29. The van der Waals surface area contributed by atoms with Gasteiger partial charge >= 0.3 is 0 Å². The molecule has 5 heteroatoms. The maximum Gasteiger partial charge on any atom is 0.221 e. The van der Waals surface area contributed by atoms with Crippen LogP contribution in [-0.2, 0) is 9.53 Å². The van der Waals surface area contributed by atoms with Crippen LogP contribution in [0.15, 0.2) is 24.3 Å². The van der Waals surface area contributed by atoms with Gasteiger partial charge in [-0.25, -0.2) is 0 Å². The van der Waals surface area contributed by atoms with Gasteiger partial charge in [0.05, 0.1) is 13.2 Å². The van der Waals surface area contributed by atoms with E-state index in [-0.39, 0.29) is 5.91 Å². The molecular formula is C16H23N3O2. The number of nitrogens with one attached hydrogen (secondary N) is 2. The third kappa shape index (κ3) is 4.36. The Hall–Kier alpha value is -1.75. The SMILES string of the molecule is O=C(CCNc1ccc(N2CCOCC2)cc1)NC1CC1. The van der Waals surface area contributed by atoms with Gasteiger partial charge in [-0.2, -0.15) is 0 Å². The number of hydrogen-bond donors (Lipinski definition) is 2. The molecule has 5 nitrogen and oxygen atoms in total. The van der Waals surface area contributed by atoms with Crippen molar-refractivity contribution < 1.29 is 9.53 Å². The molecule has 1 aromatic carbocycles. The summed E-state index contributed by atoms with van der Waals surface area (Å²) >= 11 is 0. The van der Waals surface area contributed by atoms with E-state index in [1.807, 2.05) is 0 Å². The Morgan fingerprint density at radius 3 is 2.57 bits per heavy atom. The quantitative estimate of drug-likeness (QED) is 0.835. The van der Waals surface area contributed by atoms with Crippen molar-refractivity contribution in [3.63, 3.8) is 0 Å². The lowest BCUT2D eigenvalue weighted by Crippen LogP contribution is -2.36. The Bertz CT molecular complexity index is 465. The molecule has 0 radical (unpaired) electrons. The van der Waals surface area contributed by atoms with Crippen LogP contribution in [0, 0.1) is 0 Å². The van der Waals surface area contributed by atoms with Crippen molar-refractivity contribution in [2.45, 2.75) is 25.3 Å². The molecule has 21 heavy (non-hydrogen) atoms. The lowest BCUT2D eigenvalue weighted by Gasteiger charge is -2.28. The highest BCUT2D eigenvalue weighted by Crippen LogP contribution is 2.20. The highest BCUT2D eigenvalue weighted by atomic mass is 16.5. The minimum atomic E-state index is 0.148. The van der Waals surface area contributed by atoms with Gasteiger partial charge in [-0.1, -0.05) is 0 Å². The molecule has 2 fully saturated rings. The third-order valence-electron chi connectivity index (χ3n) is 3.87. The number of benzene rings is 1. The van der Waals surface area contributed by atoms with Gasteiger partial charge in [0.2, 0.25) is 5.91 Å². The summed E-state index contributed by atoms with van der Waals surface area (Å²) in [7, 11) is 0. The highest BCUT2D eigenvalue weighted by molar-refractivity contribution is 5.77. The van der Waals surface area contributed by atoms with Crippen molar-refractivity contribution in [3.05, 3.63) is 24.3 Å². The smallest absolute Gasteiger partial charge is 0.221 e. The fraction of sp³-hybridized carbons (Fsp3) is 0.562. The standard InChI is InChI=1S/C16H23N3O2/c20-16(18-14-1-2-14)7-8-17-13-3-5-15(6-4-13)19-9-11-21-12-10-19/h3-6,14,17H,1-2,7-12H2,(H,18,20). The largest absolute Gasteiger partial charge is 0.385 e. The molecule has 114 valence electrons. The van der Waals surface area contributed by atoms with Gasteiger partial charge in [-0.05, 0) is 37.1 Å². The highest BCUT2D eigenvalue weighted by Gasteiger charge is 2.22. The van der Waals surface area contributed by atoms with Gasteiger partial charge in [-0.3, -0.25) is 4.79 Å². The molecule has 1 aliphatic heterocycles. The summed E-state index contributed by atoms with van der Waals surface area (Å²) in [5.41, 5.74) is 2.29. The first-order valence-electron chi connectivity index (χ1n) is 7.77. The first-order chi connectivity index (χ1) is 10.3. The van der Waals surface area contributed by atoms with Gasteiger partial charge in [0, 0.05) is 43.5 Å². The average Bonchev–Trinajstić information content (AvgIpc) is 3.33. The lowest BCUT2D eigenvalue weighted by molar-refractivity contribution is -0.120. The summed E-state index contributed by atoms with van der Waals surface area (Å²) in [5.74, 6) is 0.148. The molecular weight excluding hydrogens is 266 g/mol. The summed E-state index contributed by atoms with van der Waals surface area (Å²) in [4.78, 5) is 13.9. The minimum absolute atomic E-state index is 0.148. The molecule has 2 aliphatic rings. The van der Waals surface area contributed by atoms with Crippen molar-refractivity contribution in [2.75, 3.05) is 43.1 Å². The summed E-state index contributed by atoms with van der Waals surface area (Å²) in [6, 6.07) is 8.84. The minimum Gasteiger partial charge on any atom is -0.385 e. The van der Waals surface area contributed by atoms with Crippen LogP contribution < -0.4 is 15.5 Å². The van der Waals surface area contributed by atoms with E-state index >= 15 is 0 Å². The zero-order chi connectivity index (χ0) is 14.5. The summed E-state index contributed by atoms with van der Waals surface area (Å²) < 4.78 is 5.36. The van der Waals surface area contributed by atoms with E-state index < -0.39 is 0 Å². The number of nitrogens with zero attached hydrogens (tertiary/aromatic N) is 1. The second kappa shape index (κ2) is 6.80. The second-order valence-electron chi connectivity index (χ2n) is 5.66. The third-order valence-corrected chi connectivity index (χ3v) is 3.87. The van der Waals surface area contributed by atoms with Gasteiger partial charge < -0.3 is 20.3 Å². The molecule has 1 saturated heterocycles. The van der Waals surface area contributed by atoms with Crippen LogP contribution in [-0.4, -0.2) is 44.8 Å². The molecule has 1 amide bonds. The number of amides is 1. The average molecular weight is 289 g/mol. The van der Waals surface area contributed by atoms with Crippen LogP contribution in [0.25, 0.3) is 0 Å². The molecule has 2 N–H and O–H groups in total. The predicted molar refractivity (Wildman–Crippen MR) is 83.7 cm³/mol. The Kier molecular flexibility index (Phi) is 4.60. The van der Waals surface area contributed by atoms with Crippen molar-refractivity contribution in [3.8, 4) is 0 Å². The Morgan fingerprint density at radius 2 is 1.90 bits per heavy atom. The van der Waals surface area contributed by atoms with Crippen molar-refractivity contribution >= 4 is 17.3 Å². The van der Waals surface area contributed by atoms with E-state index in [1.165, 1.54) is 5.69 Å². The summed E-state index contributed by atoms with van der Waals surface area (Å²) in [6.45, 7) is 4.18. The monoisotopic (exact) mass is 289 g/mol. The molecule has 0 bridgehead atoms. The first kappa shape index (κ1) is 14.2. The maximum absolute atomic E-state index is 11.6. The molecule has 1 aromatic rings. The predicted octanol–water partition coefficient (Wildman–Crippen LogP) is 1.60. The molecule has 0 aromatic heterocycles. The number of rotatable bonds is 6. The number of hydrogen-bond acceptors (Lipinski definition) is 4. The Labute approximate surface area is 125 Å². The molecule has 3 rings (SSSR count). The summed E-state index contributed by atoms with van der Waals surface area (Å²) in [6.07, 6.45) is 2.81. The Balaban J connectivity index is 1.42. The van der Waals surface area contributed by atoms with E-state index in [1.54, 1.807) is 0 Å². The molecule has 1 saturated carbocycles. The first-order valence-corrected chi connectivity index (χ1v) is 7.77. The van der Waals surface area contributed by atoms with Crippen LogP contribution in [0.2, 0.25) is 0 Å². The fourth-order valence-corrected chi connectivity index (χ4v) is 2.46. The van der Waals surface area contributed by atoms with Gasteiger partial charge in [-0.15, -0.1) is 0 Å². The number of ether oxygens (including phenoxy) is 1. The lowest BCUT2D eigenvalue weighted by atomic mass is 10.2. The Morgan fingerprint density at radius 1 is 1.19 bits per heavy atom. The van der Waals surface area contributed by atoms with Crippen molar-refractivity contribution in [1.29, 1.82) is 0 Å². The number of anilines is 2. The molecule has 0 unspecified atom stereocenters. The molecule has 0 atom stereocenters. The number of morpholine rings is 1. The topological polar surface area (TPSA) is 53.6 Å². The van der Waals surface area contributed by atoms with Gasteiger partial charge in [0.15, 0.2) is 0 Å². The van der Waals surface area contributed by atoms with E-state index in [4.69, 9.17) is 4.74 Å². The van der Waals surface area contributed by atoms with Gasteiger partial charge in [0.1, 0.15) is 0 Å². The van der Waals surface area contributed by atoms with Crippen LogP contribution in [0.3, 0.4) is 0 Å². The van der Waals surface area contributed by atoms with Crippen LogP contribution in [0.5, 0.6) is 0 Å². The van der Waals surface area contributed by atoms with E-state index in [0.717, 1.165) is 44.8 Å². The zero-order valence-electron chi connectivity index (χ0n) is 12.3. The fourth-order valence-electron chi connectivity index (χ4n) is 2.46. The van der Waals surface area contributed by atoms with Gasteiger partial charge in [0.25, 0.3) is 0 Å². The zero-order valence-corrected chi connectivity index (χ0v) is 12.3. The van der Waals surface area contributed by atoms with E-state index in [9.17, 15) is 4.79 Å². The molecule has 0 spiro atoms. The maximum atomic E-state index is 11.6. The van der Waals surface area contributed by atoms with Crippen LogP contribution in [0.1, 0.15) is 19.3 Å². The van der Waals surface area contributed by atoms with Crippen molar-refractivity contribution in [1.82, 2.24) is 5.32 Å². The molecule has 1 aliphatic carbocycles. The molecule has 1 heterocycles. The second-order valence-corrected chi connectivity index (χ2v) is 5.66. The number of carbonyl (C=O) groups is 1. The van der Waals surface area contributed by atoms with E-state index in [2.05, 4.69) is 39.8 Å².